The van der Waals surface area contributed by atoms with E-state index >= 15 is 0 Å². The molecule has 1 fully saturated rings. The van der Waals surface area contributed by atoms with Crippen LogP contribution in [0.5, 0.6) is 5.75 Å². The molecule has 1 aromatic rings. The molecule has 0 aliphatic heterocycles. The molecule has 2 rings (SSSR count). The Morgan fingerprint density at radius 2 is 1.89 bits per heavy atom. The zero-order valence-corrected chi connectivity index (χ0v) is 10.0. The number of carbonyl (C=O) groups excluding carboxylic acids is 1. The number of nitrogens with zero attached hydrogens (tertiary/aromatic N) is 1. The highest BCUT2D eigenvalue weighted by Crippen LogP contribution is 2.40. The number of aromatic hydroxyl groups is 1. The molecule has 0 bridgehead atoms. The van der Waals surface area contributed by atoms with Crippen molar-refractivity contribution in [3.63, 3.8) is 0 Å². The van der Waals surface area contributed by atoms with E-state index in [2.05, 4.69) is 0 Å². The second-order valence-electron chi connectivity index (χ2n) is 4.65. The van der Waals surface area contributed by atoms with Crippen molar-refractivity contribution in [3.05, 3.63) is 24.3 Å². The Labute approximate surface area is 105 Å². The number of anilines is 1. The lowest BCUT2D eigenvalue weighted by molar-refractivity contribution is -0.136. The molecule has 5 heteroatoms. The number of phenolic OH excluding ortho intramolecular Hbond substituents is 1. The number of benzene rings is 1. The molecule has 2 unspecified atom stereocenters. The molecular weight excluding hydrogens is 234 g/mol. The van der Waals surface area contributed by atoms with E-state index in [-0.39, 0.29) is 24.1 Å². The molecule has 0 saturated heterocycles. The molecule has 1 aliphatic rings. The van der Waals surface area contributed by atoms with Crippen LogP contribution in [-0.4, -0.2) is 28.6 Å². The van der Waals surface area contributed by atoms with E-state index in [4.69, 9.17) is 5.11 Å². The lowest BCUT2D eigenvalue weighted by atomic mass is 10.2. The standard InChI is InChI=1S/C13H15NO4/c1-8-6-11(8)13(18)14(7-12(16)17)9-2-4-10(15)5-3-9/h2-5,8,11,15H,6-7H2,1H3,(H,16,17). The van der Waals surface area contributed by atoms with Gasteiger partial charge in [-0.1, -0.05) is 6.92 Å². The van der Waals surface area contributed by atoms with Crippen molar-refractivity contribution < 1.29 is 19.8 Å². The van der Waals surface area contributed by atoms with Crippen molar-refractivity contribution in [2.75, 3.05) is 11.4 Å². The first-order valence-electron chi connectivity index (χ1n) is 5.81. The van der Waals surface area contributed by atoms with Crippen LogP contribution in [0.1, 0.15) is 13.3 Å². The zero-order valence-electron chi connectivity index (χ0n) is 10.0. The predicted molar refractivity (Wildman–Crippen MR) is 65.4 cm³/mol. The molecule has 2 N–H and O–H groups in total. The Morgan fingerprint density at radius 3 is 2.33 bits per heavy atom. The van der Waals surface area contributed by atoms with Crippen LogP contribution in [-0.2, 0) is 9.59 Å². The summed E-state index contributed by atoms with van der Waals surface area (Å²) >= 11 is 0. The summed E-state index contributed by atoms with van der Waals surface area (Å²) in [6, 6.07) is 5.97. The second-order valence-corrected chi connectivity index (χ2v) is 4.65. The summed E-state index contributed by atoms with van der Waals surface area (Å²) in [6.45, 7) is 1.62. The topological polar surface area (TPSA) is 77.8 Å². The molecule has 0 radical (unpaired) electrons. The number of hydrogen-bond donors (Lipinski definition) is 2. The van der Waals surface area contributed by atoms with Crippen molar-refractivity contribution in [3.8, 4) is 5.75 Å². The summed E-state index contributed by atoms with van der Waals surface area (Å²) in [7, 11) is 0. The molecular formula is C13H15NO4. The second kappa shape index (κ2) is 4.68. The van der Waals surface area contributed by atoms with E-state index < -0.39 is 5.97 Å². The number of rotatable bonds is 4. The third kappa shape index (κ3) is 2.61. The quantitative estimate of drug-likeness (QED) is 0.847. The number of amides is 1. The first-order valence-corrected chi connectivity index (χ1v) is 5.81. The maximum Gasteiger partial charge on any atom is 0.323 e. The molecule has 96 valence electrons. The van der Waals surface area contributed by atoms with Gasteiger partial charge in [0, 0.05) is 11.6 Å². The fraction of sp³-hybridized carbons (Fsp3) is 0.385. The van der Waals surface area contributed by atoms with Crippen LogP contribution in [0.4, 0.5) is 5.69 Å². The van der Waals surface area contributed by atoms with Crippen molar-refractivity contribution in [1.29, 1.82) is 0 Å². The molecule has 0 spiro atoms. The van der Waals surface area contributed by atoms with Gasteiger partial charge in [-0.05, 0) is 36.6 Å². The van der Waals surface area contributed by atoms with Gasteiger partial charge in [0.2, 0.25) is 5.91 Å². The van der Waals surface area contributed by atoms with Crippen molar-refractivity contribution >= 4 is 17.6 Å². The number of carboxylic acids is 1. The Hall–Kier alpha value is -2.04. The normalized spacial score (nSPS) is 21.4. The summed E-state index contributed by atoms with van der Waals surface area (Å²) in [6.07, 6.45) is 0.813. The van der Waals surface area contributed by atoms with Crippen LogP contribution in [0, 0.1) is 11.8 Å². The third-order valence-corrected chi connectivity index (χ3v) is 3.15. The maximum atomic E-state index is 12.1. The molecule has 18 heavy (non-hydrogen) atoms. The molecule has 5 nitrogen and oxygen atoms in total. The number of phenols is 1. The van der Waals surface area contributed by atoms with Gasteiger partial charge in [0.05, 0.1) is 0 Å². The maximum absolute atomic E-state index is 12.1. The monoisotopic (exact) mass is 249 g/mol. The largest absolute Gasteiger partial charge is 0.508 e. The number of hydrogen-bond acceptors (Lipinski definition) is 3. The minimum atomic E-state index is -1.05. The molecule has 1 aromatic carbocycles. The van der Waals surface area contributed by atoms with Gasteiger partial charge in [0.15, 0.2) is 0 Å². The van der Waals surface area contributed by atoms with Crippen LogP contribution in [0.25, 0.3) is 0 Å². The van der Waals surface area contributed by atoms with Gasteiger partial charge in [-0.3, -0.25) is 9.59 Å². The first kappa shape index (κ1) is 12.4. The van der Waals surface area contributed by atoms with Gasteiger partial charge in [-0.2, -0.15) is 0 Å². The summed E-state index contributed by atoms with van der Waals surface area (Å²) in [4.78, 5) is 24.2. The average molecular weight is 249 g/mol. The highest BCUT2D eigenvalue weighted by Gasteiger charge is 2.42. The van der Waals surface area contributed by atoms with Crippen molar-refractivity contribution in [2.45, 2.75) is 13.3 Å². The summed E-state index contributed by atoms with van der Waals surface area (Å²) in [5.41, 5.74) is 0.499. The van der Waals surface area contributed by atoms with E-state index in [1.807, 2.05) is 6.92 Å². The minimum absolute atomic E-state index is 0.0712. The van der Waals surface area contributed by atoms with Gasteiger partial charge in [0.1, 0.15) is 12.3 Å². The Bertz CT molecular complexity index is 468. The van der Waals surface area contributed by atoms with E-state index in [9.17, 15) is 14.7 Å². The third-order valence-electron chi connectivity index (χ3n) is 3.15. The molecule has 1 amide bonds. The smallest absolute Gasteiger partial charge is 0.323 e. The highest BCUT2D eigenvalue weighted by atomic mass is 16.4. The molecule has 2 atom stereocenters. The van der Waals surface area contributed by atoms with Gasteiger partial charge in [-0.25, -0.2) is 0 Å². The van der Waals surface area contributed by atoms with Gasteiger partial charge in [0.25, 0.3) is 0 Å². The van der Waals surface area contributed by atoms with E-state index in [1.165, 1.54) is 17.0 Å². The van der Waals surface area contributed by atoms with E-state index in [0.717, 1.165) is 6.42 Å². The van der Waals surface area contributed by atoms with Crippen LogP contribution < -0.4 is 4.90 Å². The van der Waals surface area contributed by atoms with Crippen molar-refractivity contribution in [1.82, 2.24) is 0 Å². The van der Waals surface area contributed by atoms with Gasteiger partial charge in [-0.15, -0.1) is 0 Å². The average Bonchev–Trinajstić information content (AvgIpc) is 3.03. The van der Waals surface area contributed by atoms with Crippen LogP contribution in [0.2, 0.25) is 0 Å². The van der Waals surface area contributed by atoms with Gasteiger partial charge < -0.3 is 15.1 Å². The molecule has 1 saturated carbocycles. The molecule has 0 aromatic heterocycles. The Kier molecular flexibility index (Phi) is 3.23. The number of carbonyl (C=O) groups is 2. The van der Waals surface area contributed by atoms with E-state index in [0.29, 0.717) is 11.6 Å². The summed E-state index contributed by atoms with van der Waals surface area (Å²) in [5.74, 6) is -0.870. The van der Waals surface area contributed by atoms with E-state index in [1.54, 1.807) is 12.1 Å². The fourth-order valence-electron chi connectivity index (χ4n) is 1.93. The van der Waals surface area contributed by atoms with Crippen molar-refractivity contribution in [2.24, 2.45) is 11.8 Å². The SMILES string of the molecule is CC1CC1C(=O)N(CC(=O)O)c1ccc(O)cc1. The Morgan fingerprint density at radius 1 is 1.33 bits per heavy atom. The lowest BCUT2D eigenvalue weighted by Crippen LogP contribution is -2.37. The number of aliphatic carboxylic acids is 1. The van der Waals surface area contributed by atoms with Crippen LogP contribution in [0.15, 0.2) is 24.3 Å². The number of carboxylic acid groups (broad SMARTS) is 1. The Balaban J connectivity index is 2.21. The highest BCUT2D eigenvalue weighted by molar-refractivity contribution is 6.00. The predicted octanol–water partition coefficient (Wildman–Crippen LogP) is 1.47. The van der Waals surface area contributed by atoms with Crippen LogP contribution in [0.3, 0.4) is 0 Å². The lowest BCUT2D eigenvalue weighted by Gasteiger charge is -2.21. The van der Waals surface area contributed by atoms with Crippen LogP contribution >= 0.6 is 0 Å². The summed E-state index contributed by atoms with van der Waals surface area (Å²) < 4.78 is 0. The fourth-order valence-corrected chi connectivity index (χ4v) is 1.93. The summed E-state index contributed by atoms with van der Waals surface area (Å²) in [5, 5.41) is 18.1. The molecule has 0 heterocycles. The first-order chi connectivity index (χ1) is 8.49. The van der Waals surface area contributed by atoms with Gasteiger partial charge >= 0.3 is 5.97 Å². The zero-order chi connectivity index (χ0) is 13.3. The minimum Gasteiger partial charge on any atom is -0.508 e. The molecule has 1 aliphatic carbocycles.